The molecule has 4 heterocycles. The Balaban J connectivity index is 2.02. The van der Waals surface area contributed by atoms with Crippen molar-refractivity contribution in [2.75, 3.05) is 0 Å². The lowest BCUT2D eigenvalue weighted by molar-refractivity contribution is 0.630. The number of H-pyrrole nitrogens is 1. The smallest absolute Gasteiger partial charge is 0.173 e. The SMILES string of the molecule is Cc1cn2cc(-c3c[nH]c4ncncc34)cc(F)c2n1. The Kier molecular flexibility index (Phi) is 2.14. The van der Waals surface area contributed by atoms with Crippen LogP contribution in [0.2, 0.25) is 0 Å². The van der Waals surface area contributed by atoms with Crippen LogP contribution in [0.1, 0.15) is 5.69 Å². The summed E-state index contributed by atoms with van der Waals surface area (Å²) >= 11 is 0. The molecule has 0 unspecified atom stereocenters. The summed E-state index contributed by atoms with van der Waals surface area (Å²) in [7, 11) is 0. The second kappa shape index (κ2) is 3.86. The van der Waals surface area contributed by atoms with E-state index in [-0.39, 0.29) is 5.82 Å². The zero-order valence-corrected chi connectivity index (χ0v) is 10.6. The van der Waals surface area contributed by atoms with E-state index in [2.05, 4.69) is 19.9 Å². The van der Waals surface area contributed by atoms with Gasteiger partial charge in [0, 0.05) is 41.3 Å². The summed E-state index contributed by atoms with van der Waals surface area (Å²) in [6, 6.07) is 1.48. The third-order valence-electron chi connectivity index (χ3n) is 3.29. The lowest BCUT2D eigenvalue weighted by Crippen LogP contribution is -1.90. The molecule has 6 heteroatoms. The first-order valence-electron chi connectivity index (χ1n) is 6.15. The maximum atomic E-state index is 14.1. The van der Waals surface area contributed by atoms with E-state index >= 15 is 0 Å². The minimum absolute atomic E-state index is 0.336. The molecule has 0 saturated heterocycles. The van der Waals surface area contributed by atoms with Crippen molar-refractivity contribution < 1.29 is 4.39 Å². The van der Waals surface area contributed by atoms with Crippen LogP contribution < -0.4 is 0 Å². The van der Waals surface area contributed by atoms with Gasteiger partial charge in [-0.2, -0.15) is 0 Å². The van der Waals surface area contributed by atoms with Gasteiger partial charge in [-0.1, -0.05) is 0 Å². The zero-order valence-electron chi connectivity index (χ0n) is 10.6. The number of halogens is 1. The Labute approximate surface area is 113 Å². The molecule has 5 nitrogen and oxygen atoms in total. The summed E-state index contributed by atoms with van der Waals surface area (Å²) in [4.78, 5) is 15.4. The van der Waals surface area contributed by atoms with Gasteiger partial charge in [0.25, 0.3) is 0 Å². The van der Waals surface area contributed by atoms with Crippen molar-refractivity contribution in [2.24, 2.45) is 0 Å². The Morgan fingerprint density at radius 1 is 1.30 bits per heavy atom. The molecule has 0 amide bonds. The molecule has 0 aliphatic heterocycles. The fourth-order valence-corrected chi connectivity index (χ4v) is 2.43. The van der Waals surface area contributed by atoms with Gasteiger partial charge in [-0.15, -0.1) is 0 Å². The number of imidazole rings is 1. The molecule has 0 saturated carbocycles. The van der Waals surface area contributed by atoms with E-state index in [1.54, 1.807) is 16.8 Å². The Morgan fingerprint density at radius 2 is 2.20 bits per heavy atom. The predicted octanol–water partition coefficient (Wildman–Crippen LogP) is 2.72. The first kappa shape index (κ1) is 11.1. The van der Waals surface area contributed by atoms with Crippen LogP contribution in [0.15, 0.2) is 37.2 Å². The zero-order chi connectivity index (χ0) is 13.7. The second-order valence-electron chi connectivity index (χ2n) is 4.68. The molecule has 4 aromatic rings. The number of fused-ring (bicyclic) bond motifs is 2. The predicted molar refractivity (Wildman–Crippen MR) is 72.8 cm³/mol. The van der Waals surface area contributed by atoms with E-state index in [1.165, 1.54) is 12.4 Å². The summed E-state index contributed by atoms with van der Waals surface area (Å²) in [5, 5.41) is 0.864. The van der Waals surface area contributed by atoms with Gasteiger partial charge in [-0.05, 0) is 13.0 Å². The lowest BCUT2D eigenvalue weighted by atomic mass is 10.1. The van der Waals surface area contributed by atoms with E-state index in [0.29, 0.717) is 5.65 Å². The average Bonchev–Trinajstić information content (AvgIpc) is 3.01. The Bertz CT molecular complexity index is 937. The monoisotopic (exact) mass is 267 g/mol. The normalized spacial score (nSPS) is 11.5. The van der Waals surface area contributed by atoms with Crippen molar-refractivity contribution in [3.05, 3.63) is 48.7 Å². The van der Waals surface area contributed by atoms with Crippen LogP contribution in [-0.4, -0.2) is 24.3 Å². The van der Waals surface area contributed by atoms with Gasteiger partial charge >= 0.3 is 0 Å². The van der Waals surface area contributed by atoms with Crippen LogP contribution in [0.3, 0.4) is 0 Å². The molecule has 1 N–H and O–H groups in total. The van der Waals surface area contributed by atoms with Gasteiger partial charge in [0.15, 0.2) is 11.5 Å². The number of pyridine rings is 1. The molecule has 0 spiro atoms. The van der Waals surface area contributed by atoms with Crippen molar-refractivity contribution >= 4 is 16.7 Å². The number of aromatic amines is 1. The quantitative estimate of drug-likeness (QED) is 0.577. The van der Waals surface area contributed by atoms with Crippen molar-refractivity contribution in [3.8, 4) is 11.1 Å². The standard InChI is InChI=1S/C14H10FN5/c1-8-5-20-6-9(2-12(15)14(20)19-8)10-4-17-13-11(10)3-16-7-18-13/h2-7H,1H3,(H,16,17,18). The fourth-order valence-electron chi connectivity index (χ4n) is 2.43. The lowest BCUT2D eigenvalue weighted by Gasteiger charge is -2.02. The molecule has 0 aromatic carbocycles. The van der Waals surface area contributed by atoms with E-state index in [1.807, 2.05) is 19.3 Å². The number of rotatable bonds is 1. The Morgan fingerprint density at radius 3 is 3.10 bits per heavy atom. The maximum Gasteiger partial charge on any atom is 0.173 e. The summed E-state index contributed by atoms with van der Waals surface area (Å²) in [5.74, 6) is -0.346. The highest BCUT2D eigenvalue weighted by Crippen LogP contribution is 2.28. The largest absolute Gasteiger partial charge is 0.345 e. The second-order valence-corrected chi connectivity index (χ2v) is 4.68. The van der Waals surface area contributed by atoms with E-state index in [9.17, 15) is 4.39 Å². The first-order valence-corrected chi connectivity index (χ1v) is 6.15. The van der Waals surface area contributed by atoms with Crippen LogP contribution in [0.5, 0.6) is 0 Å². The Hall–Kier alpha value is -2.76. The van der Waals surface area contributed by atoms with Crippen molar-refractivity contribution in [2.45, 2.75) is 6.92 Å². The van der Waals surface area contributed by atoms with Gasteiger partial charge in [0.2, 0.25) is 0 Å². The van der Waals surface area contributed by atoms with Gasteiger partial charge in [0.05, 0.1) is 5.69 Å². The third-order valence-corrected chi connectivity index (χ3v) is 3.29. The van der Waals surface area contributed by atoms with Crippen LogP contribution in [0.4, 0.5) is 4.39 Å². The van der Waals surface area contributed by atoms with E-state index in [4.69, 9.17) is 0 Å². The molecule has 4 aromatic heterocycles. The minimum atomic E-state index is -0.346. The summed E-state index contributed by atoms with van der Waals surface area (Å²) < 4.78 is 15.8. The molecule has 0 bridgehead atoms. The highest BCUT2D eigenvalue weighted by Gasteiger charge is 2.11. The number of aryl methyl sites for hydroxylation is 1. The van der Waals surface area contributed by atoms with Crippen LogP contribution in [0, 0.1) is 12.7 Å². The van der Waals surface area contributed by atoms with Gasteiger partial charge in [-0.3, -0.25) is 0 Å². The number of hydrogen-bond donors (Lipinski definition) is 1. The van der Waals surface area contributed by atoms with E-state index < -0.39 is 0 Å². The third kappa shape index (κ3) is 1.51. The molecule has 4 rings (SSSR count). The number of nitrogens with zero attached hydrogens (tertiary/aromatic N) is 4. The molecule has 0 atom stereocenters. The number of hydrogen-bond acceptors (Lipinski definition) is 3. The molecule has 0 radical (unpaired) electrons. The molecule has 0 aliphatic carbocycles. The van der Waals surface area contributed by atoms with Crippen molar-refractivity contribution in [1.29, 1.82) is 0 Å². The van der Waals surface area contributed by atoms with Gasteiger partial charge in [-0.25, -0.2) is 19.3 Å². The molecule has 0 fully saturated rings. The first-order chi connectivity index (χ1) is 9.72. The molecular weight excluding hydrogens is 257 g/mol. The molecule has 0 aliphatic rings. The summed E-state index contributed by atoms with van der Waals surface area (Å²) in [5.41, 5.74) is 3.48. The summed E-state index contributed by atoms with van der Waals surface area (Å²) in [6.45, 7) is 1.84. The van der Waals surface area contributed by atoms with Crippen LogP contribution in [0.25, 0.3) is 27.8 Å². The fraction of sp³-hybridized carbons (Fsp3) is 0.0714. The van der Waals surface area contributed by atoms with Gasteiger partial charge in [0.1, 0.15) is 12.0 Å². The topological polar surface area (TPSA) is 58.9 Å². The molecule has 20 heavy (non-hydrogen) atoms. The highest BCUT2D eigenvalue weighted by molar-refractivity contribution is 5.92. The van der Waals surface area contributed by atoms with Crippen LogP contribution in [-0.2, 0) is 0 Å². The number of aromatic nitrogens is 5. The molecular formula is C14H10FN5. The highest BCUT2D eigenvalue weighted by atomic mass is 19.1. The van der Waals surface area contributed by atoms with Gasteiger partial charge < -0.3 is 9.38 Å². The average molecular weight is 267 g/mol. The van der Waals surface area contributed by atoms with Crippen molar-refractivity contribution in [1.82, 2.24) is 24.3 Å². The minimum Gasteiger partial charge on any atom is -0.345 e. The molecule has 98 valence electrons. The van der Waals surface area contributed by atoms with Crippen LogP contribution >= 0.6 is 0 Å². The van der Waals surface area contributed by atoms with E-state index in [0.717, 1.165) is 27.9 Å². The summed E-state index contributed by atoms with van der Waals surface area (Å²) in [6.07, 6.45) is 8.66. The van der Waals surface area contributed by atoms with Crippen molar-refractivity contribution in [3.63, 3.8) is 0 Å². The number of nitrogens with one attached hydrogen (secondary N) is 1. The maximum absolute atomic E-state index is 14.1.